The molecular weight excluding hydrogens is 607 g/mol. The molecule has 0 aliphatic heterocycles. The predicted molar refractivity (Wildman–Crippen MR) is 160 cm³/mol. The molecule has 0 aliphatic rings. The number of hydrogen-bond acceptors (Lipinski definition) is 9. The minimum Gasteiger partial charge on any atom is -0.790 e. The number of hydrogen-bond donors (Lipinski definition) is 1. The Kier molecular flexibility index (Phi) is 38.7. The Morgan fingerprint density at radius 2 is 1.05 bits per heavy atom. The third-order valence-electron chi connectivity index (χ3n) is 7.06. The van der Waals surface area contributed by atoms with Gasteiger partial charge in [0.05, 0.1) is 14.4 Å². The second kappa shape index (κ2) is 34.8. The number of unbranched alkanes of at least 4 members (excludes halogenated alkanes) is 18. The predicted octanol–water partition coefficient (Wildman–Crippen LogP) is 0.0329. The number of esters is 2. The monoisotopic (exact) mass is 665 g/mol. The van der Waals surface area contributed by atoms with Gasteiger partial charge in [0.15, 0.2) is 6.10 Å². The van der Waals surface area contributed by atoms with Gasteiger partial charge in [-0.05, 0) is 19.3 Å². The molecule has 248 valence electrons. The summed E-state index contributed by atoms with van der Waals surface area (Å²) >= 11 is 0. The van der Waals surface area contributed by atoms with E-state index in [0.717, 1.165) is 57.9 Å². The van der Waals surface area contributed by atoms with E-state index in [4.69, 9.17) is 9.47 Å². The van der Waals surface area contributed by atoms with Crippen LogP contribution in [0.2, 0.25) is 0 Å². The molecule has 1 atom stereocenters. The molecule has 0 fully saturated rings. The van der Waals surface area contributed by atoms with Gasteiger partial charge in [0, 0.05) is 26.3 Å². The Hall–Kier alpha value is 0.520. The molecule has 0 heterocycles. The van der Waals surface area contributed by atoms with Gasteiger partial charge in [-0.2, -0.15) is 0 Å². The number of ether oxygens (including phenoxy) is 2. The first-order valence-electron chi connectivity index (χ1n) is 16.4. The molecule has 1 N–H and O–H groups in total. The zero-order valence-electron chi connectivity index (χ0n) is 28.4. The molecule has 0 spiro atoms. The fourth-order valence-corrected chi connectivity index (χ4v) is 4.97. The van der Waals surface area contributed by atoms with Gasteiger partial charge in [0.25, 0.3) is 0 Å². The molecule has 0 unspecified atom stereocenters. The summed E-state index contributed by atoms with van der Waals surface area (Å²) in [4.78, 5) is 56.8. The van der Waals surface area contributed by atoms with Crippen molar-refractivity contribution in [1.29, 1.82) is 0 Å². The van der Waals surface area contributed by atoms with Crippen molar-refractivity contribution in [3.63, 3.8) is 0 Å². The SMILES string of the molecule is CCCCCCCCCCC(=O)O[C@@H](COC(=O)CCCCCCCCCCCCCCNC(C)=O)COP(=O)([O-])[O-].[Na+].[Na+]. The maximum Gasteiger partial charge on any atom is 1.00 e. The van der Waals surface area contributed by atoms with E-state index in [9.17, 15) is 28.7 Å². The number of phosphoric ester groups is 1. The standard InChI is InChI=1S/C31H60NO9P.2Na/c1-3-4-5-6-7-14-18-21-24-31(35)41-29(27-40-42(36,37)38)26-39-30(34)23-20-17-15-12-10-8-9-11-13-16-19-22-25-32-28(2)33;;/h29H,3-27H2,1-2H3,(H,32,33)(H2,36,37,38);;/q;2*+1/p-2/t29-;;/m0../s1. The van der Waals surface area contributed by atoms with Crippen LogP contribution in [0.1, 0.15) is 155 Å². The van der Waals surface area contributed by atoms with Crippen molar-refractivity contribution in [3.05, 3.63) is 0 Å². The summed E-state index contributed by atoms with van der Waals surface area (Å²) in [6, 6.07) is 0. The van der Waals surface area contributed by atoms with Gasteiger partial charge >= 0.3 is 71.1 Å². The number of phosphoric acid groups is 1. The molecule has 0 radical (unpaired) electrons. The zero-order valence-corrected chi connectivity index (χ0v) is 33.3. The smallest absolute Gasteiger partial charge is 0.790 e. The van der Waals surface area contributed by atoms with Gasteiger partial charge < -0.3 is 33.7 Å². The normalized spacial score (nSPS) is 11.6. The summed E-state index contributed by atoms with van der Waals surface area (Å²) in [5.74, 6) is -0.952. The van der Waals surface area contributed by atoms with E-state index in [1.807, 2.05) is 0 Å². The fourth-order valence-electron chi connectivity index (χ4n) is 4.62. The van der Waals surface area contributed by atoms with Gasteiger partial charge in [0.2, 0.25) is 5.91 Å². The van der Waals surface area contributed by atoms with Crippen LogP contribution >= 0.6 is 7.82 Å². The van der Waals surface area contributed by atoms with E-state index in [1.165, 1.54) is 64.2 Å². The Balaban J connectivity index is -0.00000840. The number of rotatable bonds is 30. The first-order chi connectivity index (χ1) is 20.1. The summed E-state index contributed by atoms with van der Waals surface area (Å²) in [6.07, 6.45) is 21.2. The molecular formula is C31H58NNa2O9P. The van der Waals surface area contributed by atoms with E-state index in [0.29, 0.717) is 12.8 Å². The second-order valence-electron chi connectivity index (χ2n) is 11.2. The van der Waals surface area contributed by atoms with Crippen LogP contribution in [0, 0.1) is 0 Å². The second-order valence-corrected chi connectivity index (χ2v) is 12.4. The molecule has 0 aliphatic carbocycles. The minimum atomic E-state index is -5.24. The quantitative estimate of drug-likeness (QED) is 0.0485. The molecule has 0 saturated heterocycles. The molecule has 44 heavy (non-hydrogen) atoms. The molecule has 0 rings (SSSR count). The summed E-state index contributed by atoms with van der Waals surface area (Å²) in [5.41, 5.74) is 0. The van der Waals surface area contributed by atoms with Crippen molar-refractivity contribution >= 4 is 25.7 Å². The van der Waals surface area contributed by atoms with E-state index in [-0.39, 0.29) is 84.5 Å². The average molecular weight is 666 g/mol. The zero-order chi connectivity index (χ0) is 31.3. The van der Waals surface area contributed by atoms with Gasteiger partial charge in [-0.1, -0.05) is 116 Å². The molecule has 10 nitrogen and oxygen atoms in total. The van der Waals surface area contributed by atoms with Crippen molar-refractivity contribution in [1.82, 2.24) is 5.32 Å². The third-order valence-corrected chi connectivity index (χ3v) is 7.53. The van der Waals surface area contributed by atoms with Crippen molar-refractivity contribution in [2.24, 2.45) is 0 Å². The molecule has 13 heteroatoms. The number of carbonyl (C=O) groups excluding carboxylic acids is 3. The molecule has 0 bridgehead atoms. The van der Waals surface area contributed by atoms with Crippen molar-refractivity contribution in [2.45, 2.75) is 161 Å². The molecule has 1 amide bonds. The van der Waals surface area contributed by atoms with E-state index >= 15 is 0 Å². The van der Waals surface area contributed by atoms with Crippen LogP contribution < -0.4 is 74.2 Å². The van der Waals surface area contributed by atoms with Gasteiger partial charge in [-0.25, -0.2) is 0 Å². The topological polar surface area (TPSA) is 154 Å². The van der Waals surface area contributed by atoms with Gasteiger partial charge in [0.1, 0.15) is 6.61 Å². The summed E-state index contributed by atoms with van der Waals surface area (Å²) < 4.78 is 25.5. The Morgan fingerprint density at radius 3 is 1.48 bits per heavy atom. The van der Waals surface area contributed by atoms with Crippen LogP contribution in [0.15, 0.2) is 0 Å². The maximum absolute atomic E-state index is 12.2. The van der Waals surface area contributed by atoms with E-state index in [1.54, 1.807) is 6.92 Å². The van der Waals surface area contributed by atoms with Gasteiger partial charge in [-0.15, -0.1) is 0 Å². The van der Waals surface area contributed by atoms with Crippen LogP contribution in [-0.2, 0) is 32.9 Å². The fraction of sp³-hybridized carbons (Fsp3) is 0.903. The molecule has 0 aromatic heterocycles. The largest absolute Gasteiger partial charge is 1.00 e. The number of carbonyl (C=O) groups is 3. The van der Waals surface area contributed by atoms with Crippen LogP contribution in [0.3, 0.4) is 0 Å². The maximum atomic E-state index is 12.2. The van der Waals surface area contributed by atoms with Crippen LogP contribution in [0.5, 0.6) is 0 Å². The van der Waals surface area contributed by atoms with Crippen LogP contribution in [-0.4, -0.2) is 43.7 Å². The van der Waals surface area contributed by atoms with Crippen molar-refractivity contribution in [3.8, 4) is 0 Å². The molecule has 0 saturated carbocycles. The first kappa shape index (κ1) is 48.9. The minimum absolute atomic E-state index is 0. The number of nitrogens with one attached hydrogen (secondary N) is 1. The molecule has 0 aromatic carbocycles. The Morgan fingerprint density at radius 1 is 0.636 bits per heavy atom. The third kappa shape index (κ3) is 38.7. The van der Waals surface area contributed by atoms with E-state index in [2.05, 4.69) is 16.8 Å². The Labute approximate surface area is 311 Å². The van der Waals surface area contributed by atoms with E-state index < -0.39 is 32.5 Å². The summed E-state index contributed by atoms with van der Waals surface area (Å²) in [7, 11) is -5.24. The van der Waals surface area contributed by atoms with Crippen LogP contribution in [0.4, 0.5) is 0 Å². The van der Waals surface area contributed by atoms with Crippen molar-refractivity contribution < 1.29 is 102 Å². The van der Waals surface area contributed by atoms with Crippen LogP contribution in [0.25, 0.3) is 0 Å². The average Bonchev–Trinajstić information content (AvgIpc) is 2.93. The van der Waals surface area contributed by atoms with Crippen molar-refractivity contribution in [2.75, 3.05) is 19.8 Å². The molecule has 0 aromatic rings. The van der Waals surface area contributed by atoms with Gasteiger partial charge in [-0.3, -0.25) is 14.4 Å². The summed E-state index contributed by atoms with van der Waals surface area (Å²) in [5, 5.41) is 2.82. The number of amides is 1. The Bertz CT molecular complexity index is 741. The summed E-state index contributed by atoms with van der Waals surface area (Å²) in [6.45, 7) is 3.47. The first-order valence-corrected chi connectivity index (χ1v) is 17.9.